The largest absolute Gasteiger partial charge is 0.483 e. The molecular formula is C26H36N4O6. The highest BCUT2D eigenvalue weighted by molar-refractivity contribution is 5.94. The van der Waals surface area contributed by atoms with E-state index in [0.29, 0.717) is 62.6 Å². The van der Waals surface area contributed by atoms with E-state index in [1.54, 1.807) is 24.0 Å². The Labute approximate surface area is 211 Å². The summed E-state index contributed by atoms with van der Waals surface area (Å²) in [7, 11) is 3.85. The summed E-state index contributed by atoms with van der Waals surface area (Å²) in [5.41, 5.74) is 1.39. The molecule has 36 heavy (non-hydrogen) atoms. The average Bonchev–Trinajstić information content (AvgIpc) is 3.21. The van der Waals surface area contributed by atoms with E-state index in [-0.39, 0.29) is 24.8 Å². The number of aromatic nitrogens is 1. The minimum atomic E-state index is -0.985. The third-order valence-corrected chi connectivity index (χ3v) is 7.28. The van der Waals surface area contributed by atoms with E-state index < -0.39 is 17.6 Å². The van der Waals surface area contributed by atoms with Gasteiger partial charge < -0.3 is 34.6 Å². The molecule has 2 aliphatic heterocycles. The number of aliphatic hydroxyl groups is 2. The van der Waals surface area contributed by atoms with Crippen LogP contribution < -0.4 is 10.1 Å². The molecule has 1 spiro atoms. The van der Waals surface area contributed by atoms with Crippen LogP contribution in [0.25, 0.3) is 0 Å². The van der Waals surface area contributed by atoms with Crippen molar-refractivity contribution in [3.05, 3.63) is 46.8 Å². The fourth-order valence-electron chi connectivity index (χ4n) is 5.08. The number of piperidine rings is 1. The number of aliphatic hydroxyl groups excluding tert-OH is 2. The van der Waals surface area contributed by atoms with Crippen LogP contribution in [0, 0.1) is 12.3 Å². The van der Waals surface area contributed by atoms with Gasteiger partial charge in [-0.15, -0.1) is 0 Å². The first kappa shape index (κ1) is 26.1. The van der Waals surface area contributed by atoms with Gasteiger partial charge in [0.05, 0.1) is 12.2 Å². The second-order valence-corrected chi connectivity index (χ2v) is 10.3. The molecule has 2 atom stereocenters. The maximum Gasteiger partial charge on any atom is 0.276 e. The van der Waals surface area contributed by atoms with Crippen molar-refractivity contribution in [3.63, 3.8) is 0 Å². The third kappa shape index (κ3) is 5.88. The van der Waals surface area contributed by atoms with Crippen molar-refractivity contribution in [3.8, 4) is 5.75 Å². The number of fused-ring (bicyclic) bond motifs is 1. The molecule has 3 N–H and O–H groups in total. The van der Waals surface area contributed by atoms with Crippen LogP contribution in [0.1, 0.15) is 46.6 Å². The number of benzene rings is 1. The minimum Gasteiger partial charge on any atom is -0.483 e. The van der Waals surface area contributed by atoms with Crippen molar-refractivity contribution in [1.29, 1.82) is 0 Å². The summed E-state index contributed by atoms with van der Waals surface area (Å²) in [6.07, 6.45) is -0.288. The molecule has 1 aromatic carbocycles. The van der Waals surface area contributed by atoms with Crippen molar-refractivity contribution in [2.75, 3.05) is 40.3 Å². The molecular weight excluding hydrogens is 464 g/mol. The Morgan fingerprint density at radius 2 is 1.94 bits per heavy atom. The molecule has 196 valence electrons. The fourth-order valence-corrected chi connectivity index (χ4v) is 5.08. The second-order valence-electron chi connectivity index (χ2n) is 10.3. The van der Waals surface area contributed by atoms with E-state index in [4.69, 9.17) is 9.26 Å². The third-order valence-electron chi connectivity index (χ3n) is 7.28. The summed E-state index contributed by atoms with van der Waals surface area (Å²) in [6, 6.07) is 7.22. The smallest absolute Gasteiger partial charge is 0.276 e. The second kappa shape index (κ2) is 11.0. The molecule has 10 heteroatoms. The number of hydrogen-bond acceptors (Lipinski definition) is 8. The first-order valence-electron chi connectivity index (χ1n) is 12.4. The van der Waals surface area contributed by atoms with Crippen LogP contribution in [-0.2, 0) is 17.8 Å². The van der Waals surface area contributed by atoms with Crippen molar-refractivity contribution >= 4 is 11.8 Å². The molecule has 3 heterocycles. The summed E-state index contributed by atoms with van der Waals surface area (Å²) in [5, 5.41) is 28.7. The molecule has 4 rings (SSSR count). The van der Waals surface area contributed by atoms with E-state index in [9.17, 15) is 19.8 Å². The van der Waals surface area contributed by atoms with Gasteiger partial charge in [-0.3, -0.25) is 9.59 Å². The number of para-hydroxylation sites is 1. The number of likely N-dealkylation sites (tertiary alicyclic amines) is 1. The van der Waals surface area contributed by atoms with Gasteiger partial charge in [0, 0.05) is 38.2 Å². The summed E-state index contributed by atoms with van der Waals surface area (Å²) < 4.78 is 11.0. The summed E-state index contributed by atoms with van der Waals surface area (Å²) in [6.45, 7) is 3.45. The number of ether oxygens (including phenoxy) is 1. The Morgan fingerprint density at radius 1 is 1.22 bits per heavy atom. The molecule has 1 fully saturated rings. The van der Waals surface area contributed by atoms with Crippen LogP contribution in [0.4, 0.5) is 0 Å². The lowest BCUT2D eigenvalue weighted by Crippen LogP contribution is -2.51. The Balaban J connectivity index is 1.48. The standard InChI is InChI=1S/C26H36N4O6/c1-17-19(14-29(2)3)24(28-36-17)25(34)30-10-8-26(9-11-30)13-21(32)20(31)12-18-6-4-5-7-22(18)35-15-23(33)27-16-26/h4-7,20-21,31-32H,8-16H2,1-3H3,(H,27,33)/t20-,21+/m0/s1. The van der Waals surface area contributed by atoms with Gasteiger partial charge in [0.2, 0.25) is 0 Å². The highest BCUT2D eigenvalue weighted by Gasteiger charge is 2.40. The number of carbonyl (C=O) groups excluding carboxylic acids is 2. The first-order valence-corrected chi connectivity index (χ1v) is 12.4. The minimum absolute atomic E-state index is 0.128. The number of hydrogen-bond donors (Lipinski definition) is 3. The quantitative estimate of drug-likeness (QED) is 0.572. The predicted molar refractivity (Wildman–Crippen MR) is 131 cm³/mol. The van der Waals surface area contributed by atoms with Gasteiger partial charge in [-0.25, -0.2) is 0 Å². The van der Waals surface area contributed by atoms with Crippen LogP contribution in [0.2, 0.25) is 0 Å². The zero-order valence-corrected chi connectivity index (χ0v) is 21.2. The molecule has 0 saturated carbocycles. The lowest BCUT2D eigenvalue weighted by atomic mass is 9.73. The van der Waals surface area contributed by atoms with Gasteiger partial charge in [-0.2, -0.15) is 0 Å². The van der Waals surface area contributed by atoms with Gasteiger partial charge in [0.15, 0.2) is 12.3 Å². The fraction of sp³-hybridized carbons (Fsp3) is 0.577. The Kier molecular flexibility index (Phi) is 7.97. The molecule has 1 aromatic heterocycles. The van der Waals surface area contributed by atoms with Gasteiger partial charge in [-0.1, -0.05) is 23.4 Å². The average molecular weight is 501 g/mol. The zero-order chi connectivity index (χ0) is 25.9. The number of rotatable bonds is 3. The highest BCUT2D eigenvalue weighted by Crippen LogP contribution is 2.37. The van der Waals surface area contributed by atoms with Crippen molar-refractivity contribution in [2.24, 2.45) is 5.41 Å². The van der Waals surface area contributed by atoms with Crippen molar-refractivity contribution < 1.29 is 29.1 Å². The number of amides is 2. The monoisotopic (exact) mass is 500 g/mol. The maximum absolute atomic E-state index is 13.3. The van der Waals surface area contributed by atoms with Gasteiger partial charge >= 0.3 is 0 Å². The Bertz CT molecular complexity index is 1080. The van der Waals surface area contributed by atoms with E-state index in [1.165, 1.54) is 0 Å². The predicted octanol–water partition coefficient (Wildman–Crippen LogP) is 1.13. The van der Waals surface area contributed by atoms with Crippen molar-refractivity contribution in [1.82, 2.24) is 20.3 Å². The van der Waals surface area contributed by atoms with Crippen molar-refractivity contribution in [2.45, 2.75) is 51.4 Å². The van der Waals surface area contributed by atoms with E-state index >= 15 is 0 Å². The summed E-state index contributed by atoms with van der Waals surface area (Å²) in [5.74, 6) is 0.729. The number of nitrogens with zero attached hydrogens (tertiary/aromatic N) is 3. The molecule has 10 nitrogen and oxygen atoms in total. The first-order chi connectivity index (χ1) is 17.2. The molecule has 0 bridgehead atoms. The van der Waals surface area contributed by atoms with E-state index in [1.807, 2.05) is 31.1 Å². The summed E-state index contributed by atoms with van der Waals surface area (Å²) >= 11 is 0. The topological polar surface area (TPSA) is 128 Å². The van der Waals surface area contributed by atoms with Crippen LogP contribution in [0.3, 0.4) is 0 Å². The highest BCUT2D eigenvalue weighted by atomic mass is 16.5. The van der Waals surface area contributed by atoms with Gasteiger partial charge in [-0.05, 0) is 57.3 Å². The molecule has 0 unspecified atom stereocenters. The molecule has 2 aliphatic rings. The molecule has 0 radical (unpaired) electrons. The molecule has 0 aliphatic carbocycles. The number of aryl methyl sites for hydroxylation is 1. The van der Waals surface area contributed by atoms with E-state index in [2.05, 4.69) is 10.5 Å². The molecule has 2 amide bonds. The van der Waals surface area contributed by atoms with Crippen LogP contribution in [-0.4, -0.2) is 89.5 Å². The number of nitrogens with one attached hydrogen (secondary N) is 1. The van der Waals surface area contributed by atoms with Crippen LogP contribution in [0.5, 0.6) is 5.75 Å². The number of carbonyl (C=O) groups is 2. The molecule has 2 aromatic rings. The molecule has 1 saturated heterocycles. The van der Waals surface area contributed by atoms with Crippen LogP contribution in [0.15, 0.2) is 28.8 Å². The Hall–Kier alpha value is -2.95. The maximum atomic E-state index is 13.3. The SMILES string of the molecule is Cc1onc(C(=O)N2CCC3(CC2)CNC(=O)COc2ccccc2C[C@H](O)[C@H](O)C3)c1CN(C)C. The lowest BCUT2D eigenvalue weighted by Gasteiger charge is -2.43. The normalized spacial score (nSPS) is 22.8. The Morgan fingerprint density at radius 3 is 2.67 bits per heavy atom. The van der Waals surface area contributed by atoms with Gasteiger partial charge in [0.25, 0.3) is 11.8 Å². The zero-order valence-electron chi connectivity index (χ0n) is 21.2. The van der Waals surface area contributed by atoms with Crippen LogP contribution >= 0.6 is 0 Å². The lowest BCUT2D eigenvalue weighted by molar-refractivity contribution is -0.124. The van der Waals surface area contributed by atoms with E-state index in [0.717, 1.165) is 11.1 Å². The summed E-state index contributed by atoms with van der Waals surface area (Å²) in [4.78, 5) is 29.5. The van der Waals surface area contributed by atoms with Gasteiger partial charge in [0.1, 0.15) is 11.5 Å².